The van der Waals surface area contributed by atoms with E-state index >= 15 is 0 Å². The number of hydrogen-bond acceptors (Lipinski definition) is 5. The number of carbonyl (C=O) groups is 1. The lowest BCUT2D eigenvalue weighted by atomic mass is 9.97. The maximum atomic E-state index is 11.0. The van der Waals surface area contributed by atoms with Gasteiger partial charge in [0.2, 0.25) is 11.7 Å². The van der Waals surface area contributed by atoms with Crippen LogP contribution in [0.1, 0.15) is 44.1 Å². The zero-order chi connectivity index (χ0) is 17.1. The maximum absolute atomic E-state index is 11.0. The Bertz CT molecular complexity index is 692. The number of carboxylic acid groups (broad SMARTS) is 1. The van der Waals surface area contributed by atoms with Crippen molar-refractivity contribution in [3.63, 3.8) is 0 Å². The van der Waals surface area contributed by atoms with E-state index in [0.717, 1.165) is 18.7 Å². The number of rotatable bonds is 5. The van der Waals surface area contributed by atoms with Crippen LogP contribution in [0.25, 0.3) is 11.4 Å². The largest absolute Gasteiger partial charge is 0.481 e. The van der Waals surface area contributed by atoms with Crippen molar-refractivity contribution in [1.82, 2.24) is 15.0 Å². The first-order valence-electron chi connectivity index (χ1n) is 8.41. The zero-order valence-corrected chi connectivity index (χ0v) is 15.3. The highest BCUT2D eigenvalue weighted by Gasteiger charge is 2.25. The molecule has 2 aromatic rings. The van der Waals surface area contributed by atoms with Crippen molar-refractivity contribution in [3.8, 4) is 11.4 Å². The summed E-state index contributed by atoms with van der Waals surface area (Å²) in [6.45, 7) is 6.39. The van der Waals surface area contributed by atoms with Crippen LogP contribution in [0, 0.1) is 5.92 Å². The number of benzene rings is 1. The van der Waals surface area contributed by atoms with Gasteiger partial charge in [-0.05, 0) is 37.4 Å². The molecule has 1 aromatic carbocycles. The average Bonchev–Trinajstić information content (AvgIpc) is 3.04. The number of carboxylic acids is 1. The summed E-state index contributed by atoms with van der Waals surface area (Å²) < 4.78 is 5.35. The number of aliphatic carboxylic acids is 1. The van der Waals surface area contributed by atoms with Crippen LogP contribution in [0.15, 0.2) is 28.8 Å². The van der Waals surface area contributed by atoms with Crippen LogP contribution in [-0.2, 0) is 11.3 Å². The Morgan fingerprint density at radius 2 is 1.92 bits per heavy atom. The zero-order valence-electron chi connectivity index (χ0n) is 14.5. The summed E-state index contributed by atoms with van der Waals surface area (Å²) in [6, 6.07) is 8.21. The van der Waals surface area contributed by atoms with Crippen molar-refractivity contribution in [3.05, 3.63) is 35.7 Å². The molecule has 136 valence electrons. The van der Waals surface area contributed by atoms with E-state index in [1.54, 1.807) is 0 Å². The van der Waals surface area contributed by atoms with Gasteiger partial charge in [0.25, 0.3) is 0 Å². The number of hydrogen-bond donors (Lipinski definition) is 1. The molecular weight excluding hydrogens is 342 g/mol. The molecule has 6 nitrogen and oxygen atoms in total. The van der Waals surface area contributed by atoms with Crippen molar-refractivity contribution in [1.29, 1.82) is 0 Å². The minimum atomic E-state index is -0.695. The summed E-state index contributed by atoms with van der Waals surface area (Å²) >= 11 is 0. The monoisotopic (exact) mass is 365 g/mol. The molecule has 7 heteroatoms. The van der Waals surface area contributed by atoms with E-state index in [9.17, 15) is 4.79 Å². The number of piperidine rings is 1. The van der Waals surface area contributed by atoms with Crippen molar-refractivity contribution in [2.75, 3.05) is 13.1 Å². The predicted octanol–water partition coefficient (Wildman–Crippen LogP) is 3.58. The molecule has 1 aliphatic heterocycles. The molecular formula is C18H24ClN3O3. The number of aromatic nitrogens is 2. The smallest absolute Gasteiger partial charge is 0.306 e. The molecule has 1 N–H and O–H groups in total. The van der Waals surface area contributed by atoms with E-state index < -0.39 is 5.97 Å². The van der Waals surface area contributed by atoms with Crippen LogP contribution in [0.4, 0.5) is 0 Å². The SMILES string of the molecule is CC(C)c1ccc(-c2noc(CN3CCC(C(=O)O)CC3)n2)cc1.Cl. The maximum Gasteiger partial charge on any atom is 0.306 e. The Balaban J connectivity index is 0.00000225. The first kappa shape index (κ1) is 19.4. The fraction of sp³-hybridized carbons (Fsp3) is 0.500. The van der Waals surface area contributed by atoms with Gasteiger partial charge >= 0.3 is 5.97 Å². The van der Waals surface area contributed by atoms with Crippen molar-refractivity contribution >= 4 is 18.4 Å². The summed E-state index contributed by atoms with van der Waals surface area (Å²) in [7, 11) is 0. The summed E-state index contributed by atoms with van der Waals surface area (Å²) in [5.74, 6) is 0.750. The van der Waals surface area contributed by atoms with Crippen LogP contribution in [0.3, 0.4) is 0 Å². The van der Waals surface area contributed by atoms with E-state index in [0.29, 0.717) is 37.0 Å². The highest BCUT2D eigenvalue weighted by atomic mass is 35.5. The number of likely N-dealkylation sites (tertiary alicyclic amines) is 1. The van der Waals surface area contributed by atoms with Gasteiger partial charge in [-0.25, -0.2) is 0 Å². The molecule has 2 heterocycles. The van der Waals surface area contributed by atoms with Crippen LogP contribution in [-0.4, -0.2) is 39.2 Å². The van der Waals surface area contributed by atoms with E-state index in [2.05, 4.69) is 41.0 Å². The Morgan fingerprint density at radius 3 is 2.48 bits per heavy atom. The van der Waals surface area contributed by atoms with Crippen LogP contribution in [0.2, 0.25) is 0 Å². The molecule has 0 bridgehead atoms. The Kier molecular flexibility index (Phi) is 6.56. The highest BCUT2D eigenvalue weighted by molar-refractivity contribution is 5.85. The molecule has 1 saturated heterocycles. The van der Waals surface area contributed by atoms with Crippen LogP contribution in [0.5, 0.6) is 0 Å². The molecule has 0 atom stereocenters. The molecule has 1 fully saturated rings. The first-order chi connectivity index (χ1) is 11.5. The van der Waals surface area contributed by atoms with Gasteiger partial charge in [-0.1, -0.05) is 43.3 Å². The third-order valence-corrected chi connectivity index (χ3v) is 4.60. The van der Waals surface area contributed by atoms with Gasteiger partial charge in [0.1, 0.15) is 0 Å². The van der Waals surface area contributed by atoms with Crippen molar-refractivity contribution in [2.45, 2.75) is 39.2 Å². The van der Waals surface area contributed by atoms with Gasteiger partial charge in [0, 0.05) is 5.56 Å². The van der Waals surface area contributed by atoms with E-state index in [1.807, 2.05) is 12.1 Å². The van der Waals surface area contributed by atoms with Gasteiger partial charge in [-0.15, -0.1) is 12.4 Å². The van der Waals surface area contributed by atoms with Crippen LogP contribution < -0.4 is 0 Å². The lowest BCUT2D eigenvalue weighted by Crippen LogP contribution is -2.35. The highest BCUT2D eigenvalue weighted by Crippen LogP contribution is 2.22. The first-order valence-corrected chi connectivity index (χ1v) is 8.41. The van der Waals surface area contributed by atoms with Gasteiger partial charge < -0.3 is 9.63 Å². The Labute approximate surface area is 153 Å². The van der Waals surface area contributed by atoms with Crippen LogP contribution >= 0.6 is 12.4 Å². The lowest BCUT2D eigenvalue weighted by molar-refractivity contribution is -0.143. The van der Waals surface area contributed by atoms with Crippen molar-refractivity contribution in [2.24, 2.45) is 5.92 Å². The fourth-order valence-corrected chi connectivity index (χ4v) is 2.98. The van der Waals surface area contributed by atoms with Crippen molar-refractivity contribution < 1.29 is 14.4 Å². The van der Waals surface area contributed by atoms with E-state index in [-0.39, 0.29) is 18.3 Å². The van der Waals surface area contributed by atoms with E-state index in [1.165, 1.54) is 5.56 Å². The number of nitrogens with zero attached hydrogens (tertiary/aromatic N) is 3. The molecule has 1 aromatic heterocycles. The third kappa shape index (κ3) is 4.80. The molecule has 3 rings (SSSR count). The minimum absolute atomic E-state index is 0. The van der Waals surface area contributed by atoms with Gasteiger partial charge in [-0.3, -0.25) is 9.69 Å². The Morgan fingerprint density at radius 1 is 1.28 bits per heavy atom. The fourth-order valence-electron chi connectivity index (χ4n) is 2.98. The third-order valence-electron chi connectivity index (χ3n) is 4.60. The van der Waals surface area contributed by atoms with Gasteiger partial charge in [0.05, 0.1) is 12.5 Å². The summed E-state index contributed by atoms with van der Waals surface area (Å²) in [5, 5.41) is 13.1. The molecule has 0 saturated carbocycles. The molecule has 0 radical (unpaired) electrons. The second-order valence-corrected chi connectivity index (χ2v) is 6.68. The molecule has 25 heavy (non-hydrogen) atoms. The second-order valence-electron chi connectivity index (χ2n) is 6.68. The molecule has 0 aliphatic carbocycles. The predicted molar refractivity (Wildman–Crippen MR) is 96.7 cm³/mol. The molecule has 0 amide bonds. The van der Waals surface area contributed by atoms with Gasteiger partial charge in [0.15, 0.2) is 0 Å². The molecule has 0 unspecified atom stereocenters. The summed E-state index contributed by atoms with van der Waals surface area (Å²) in [4.78, 5) is 17.6. The number of halogens is 1. The van der Waals surface area contributed by atoms with E-state index in [4.69, 9.17) is 9.63 Å². The topological polar surface area (TPSA) is 79.5 Å². The Hall–Kier alpha value is -1.92. The molecule has 0 spiro atoms. The summed E-state index contributed by atoms with van der Waals surface area (Å²) in [5.41, 5.74) is 2.22. The summed E-state index contributed by atoms with van der Waals surface area (Å²) in [6.07, 6.45) is 1.35. The molecule has 1 aliphatic rings. The normalized spacial score (nSPS) is 16.0. The standard InChI is InChI=1S/C18H23N3O3.ClH/c1-12(2)13-3-5-14(6-4-13)17-19-16(24-20-17)11-21-9-7-15(8-10-21)18(22)23;/h3-6,12,15H,7-11H2,1-2H3,(H,22,23);1H. The lowest BCUT2D eigenvalue weighted by Gasteiger charge is -2.28. The van der Waals surface area contributed by atoms with Gasteiger partial charge in [-0.2, -0.15) is 4.98 Å². The quantitative estimate of drug-likeness (QED) is 0.872. The minimum Gasteiger partial charge on any atom is -0.481 e. The average molecular weight is 366 g/mol. The second kappa shape index (κ2) is 8.45.